The highest BCUT2D eigenvalue weighted by Crippen LogP contribution is 2.16. The average Bonchev–Trinajstić information content (AvgIpc) is 2.84. The fourth-order valence-corrected chi connectivity index (χ4v) is 3.13. The zero-order valence-corrected chi connectivity index (χ0v) is 13.7. The van der Waals surface area contributed by atoms with Crippen molar-refractivity contribution in [3.63, 3.8) is 0 Å². The second-order valence-corrected chi connectivity index (χ2v) is 6.69. The molecule has 106 valence electrons. The van der Waals surface area contributed by atoms with Crippen LogP contribution < -0.4 is 10.6 Å². The molecule has 2 rings (SSSR count). The highest BCUT2D eigenvalue weighted by molar-refractivity contribution is 9.10. The first-order chi connectivity index (χ1) is 9.65. The SMILES string of the molecule is Cc1ccc(CNC(=O)NCCc2ccccc2Br)s1. The van der Waals surface area contributed by atoms with Gasteiger partial charge in [-0.3, -0.25) is 0 Å². The van der Waals surface area contributed by atoms with Crippen molar-refractivity contribution in [1.29, 1.82) is 0 Å². The first-order valence-electron chi connectivity index (χ1n) is 6.45. The lowest BCUT2D eigenvalue weighted by atomic mass is 10.1. The van der Waals surface area contributed by atoms with E-state index in [2.05, 4.69) is 45.6 Å². The van der Waals surface area contributed by atoms with Crippen LogP contribution in [-0.2, 0) is 13.0 Å². The highest BCUT2D eigenvalue weighted by Gasteiger charge is 2.03. The summed E-state index contributed by atoms with van der Waals surface area (Å²) in [5, 5.41) is 5.73. The Morgan fingerprint density at radius 2 is 2.00 bits per heavy atom. The minimum absolute atomic E-state index is 0.122. The first-order valence-corrected chi connectivity index (χ1v) is 8.06. The molecular formula is C15H17BrN2OS. The number of hydrogen-bond donors (Lipinski definition) is 2. The third-order valence-corrected chi connectivity index (χ3v) is 4.63. The zero-order valence-electron chi connectivity index (χ0n) is 11.3. The lowest BCUT2D eigenvalue weighted by molar-refractivity contribution is 0.240. The van der Waals surface area contributed by atoms with Crippen LogP contribution in [0.15, 0.2) is 40.9 Å². The molecule has 0 radical (unpaired) electrons. The van der Waals surface area contributed by atoms with Crippen molar-refractivity contribution < 1.29 is 4.79 Å². The van der Waals surface area contributed by atoms with Crippen molar-refractivity contribution in [3.8, 4) is 0 Å². The number of amides is 2. The summed E-state index contributed by atoms with van der Waals surface area (Å²) in [5.41, 5.74) is 1.20. The van der Waals surface area contributed by atoms with Crippen LogP contribution in [0.2, 0.25) is 0 Å². The molecule has 0 unspecified atom stereocenters. The van der Waals surface area contributed by atoms with Crippen LogP contribution in [0.4, 0.5) is 4.79 Å². The molecule has 1 aromatic carbocycles. The second-order valence-electron chi connectivity index (χ2n) is 4.46. The molecule has 1 aromatic heterocycles. The maximum Gasteiger partial charge on any atom is 0.315 e. The monoisotopic (exact) mass is 352 g/mol. The summed E-state index contributed by atoms with van der Waals surface area (Å²) in [5.74, 6) is 0. The summed E-state index contributed by atoms with van der Waals surface area (Å²) in [6.07, 6.45) is 0.812. The summed E-state index contributed by atoms with van der Waals surface area (Å²) in [6, 6.07) is 12.0. The van der Waals surface area contributed by atoms with Crippen molar-refractivity contribution in [3.05, 3.63) is 56.2 Å². The molecule has 5 heteroatoms. The van der Waals surface area contributed by atoms with E-state index >= 15 is 0 Å². The number of aryl methyl sites for hydroxylation is 1. The Morgan fingerprint density at radius 3 is 2.70 bits per heavy atom. The lowest BCUT2D eigenvalue weighted by Crippen LogP contribution is -2.36. The smallest absolute Gasteiger partial charge is 0.315 e. The van der Waals surface area contributed by atoms with Crippen molar-refractivity contribution >= 4 is 33.3 Å². The van der Waals surface area contributed by atoms with Crippen molar-refractivity contribution in [1.82, 2.24) is 10.6 Å². The van der Waals surface area contributed by atoms with E-state index in [-0.39, 0.29) is 6.03 Å². The maximum atomic E-state index is 11.7. The summed E-state index contributed by atoms with van der Waals surface area (Å²) < 4.78 is 1.08. The predicted molar refractivity (Wildman–Crippen MR) is 87.1 cm³/mol. The summed E-state index contributed by atoms with van der Waals surface area (Å²) in [6.45, 7) is 3.27. The molecular weight excluding hydrogens is 336 g/mol. The van der Waals surface area contributed by atoms with Gasteiger partial charge in [-0.05, 0) is 37.1 Å². The number of benzene rings is 1. The van der Waals surface area contributed by atoms with Gasteiger partial charge in [-0.15, -0.1) is 11.3 Å². The van der Waals surface area contributed by atoms with Gasteiger partial charge in [0.2, 0.25) is 0 Å². The molecule has 0 spiro atoms. The van der Waals surface area contributed by atoms with Gasteiger partial charge in [0.1, 0.15) is 0 Å². The number of urea groups is 1. The molecule has 2 N–H and O–H groups in total. The first kappa shape index (κ1) is 15.1. The quantitative estimate of drug-likeness (QED) is 0.842. The van der Waals surface area contributed by atoms with Gasteiger partial charge < -0.3 is 10.6 Å². The third-order valence-electron chi connectivity index (χ3n) is 2.86. The molecule has 3 nitrogen and oxygen atoms in total. The van der Waals surface area contributed by atoms with Crippen molar-refractivity contribution in [2.45, 2.75) is 19.9 Å². The molecule has 2 aromatic rings. The van der Waals surface area contributed by atoms with Gasteiger partial charge >= 0.3 is 6.03 Å². The summed E-state index contributed by atoms with van der Waals surface area (Å²) >= 11 is 5.20. The average molecular weight is 353 g/mol. The normalized spacial score (nSPS) is 10.3. The Kier molecular flexibility index (Phi) is 5.61. The van der Waals surface area contributed by atoms with Crippen LogP contribution in [0.3, 0.4) is 0 Å². The van der Waals surface area contributed by atoms with Crippen LogP contribution in [0.5, 0.6) is 0 Å². The number of hydrogen-bond acceptors (Lipinski definition) is 2. The number of carbonyl (C=O) groups excluding carboxylic acids is 1. The van der Waals surface area contributed by atoms with Crippen LogP contribution in [0, 0.1) is 6.92 Å². The van der Waals surface area contributed by atoms with E-state index in [9.17, 15) is 4.79 Å². The third kappa shape index (κ3) is 4.65. The van der Waals surface area contributed by atoms with Crippen LogP contribution in [0.25, 0.3) is 0 Å². The van der Waals surface area contributed by atoms with Crippen LogP contribution in [0.1, 0.15) is 15.3 Å². The van der Waals surface area contributed by atoms with Crippen LogP contribution >= 0.6 is 27.3 Å². The number of rotatable bonds is 5. The number of halogens is 1. The second kappa shape index (κ2) is 7.45. The number of thiophene rings is 1. The molecule has 20 heavy (non-hydrogen) atoms. The Balaban J connectivity index is 1.69. The number of nitrogens with one attached hydrogen (secondary N) is 2. The van der Waals surface area contributed by atoms with Crippen molar-refractivity contribution in [2.75, 3.05) is 6.54 Å². The Morgan fingerprint density at radius 1 is 1.20 bits per heavy atom. The maximum absolute atomic E-state index is 11.7. The molecule has 0 aliphatic carbocycles. The van der Waals surface area contributed by atoms with E-state index in [1.807, 2.05) is 24.3 Å². The van der Waals surface area contributed by atoms with Gasteiger partial charge in [0, 0.05) is 20.8 Å². The van der Waals surface area contributed by atoms with Gasteiger partial charge in [0.15, 0.2) is 0 Å². The Bertz CT molecular complexity index is 583. The molecule has 0 saturated heterocycles. The molecule has 0 fully saturated rings. The van der Waals surface area contributed by atoms with Gasteiger partial charge in [-0.2, -0.15) is 0 Å². The minimum atomic E-state index is -0.122. The lowest BCUT2D eigenvalue weighted by Gasteiger charge is -2.07. The molecule has 0 aliphatic heterocycles. The minimum Gasteiger partial charge on any atom is -0.338 e. The summed E-state index contributed by atoms with van der Waals surface area (Å²) in [7, 11) is 0. The molecule has 0 aliphatic rings. The predicted octanol–water partition coefficient (Wildman–Crippen LogP) is 3.86. The number of carbonyl (C=O) groups is 1. The van der Waals surface area contributed by atoms with Crippen LogP contribution in [-0.4, -0.2) is 12.6 Å². The zero-order chi connectivity index (χ0) is 14.4. The molecule has 0 atom stereocenters. The van der Waals surface area contributed by atoms with E-state index in [4.69, 9.17) is 0 Å². The van der Waals surface area contributed by atoms with E-state index < -0.39 is 0 Å². The van der Waals surface area contributed by atoms with Gasteiger partial charge in [-0.25, -0.2) is 4.79 Å². The fraction of sp³-hybridized carbons (Fsp3) is 0.267. The van der Waals surface area contributed by atoms with Gasteiger partial charge in [0.25, 0.3) is 0 Å². The Hall–Kier alpha value is -1.33. The fourth-order valence-electron chi connectivity index (χ4n) is 1.82. The standard InChI is InChI=1S/C15H17BrN2OS/c1-11-6-7-13(20-11)10-18-15(19)17-9-8-12-4-2-3-5-14(12)16/h2-7H,8-10H2,1H3,(H2,17,18,19). The highest BCUT2D eigenvalue weighted by atomic mass is 79.9. The van der Waals surface area contributed by atoms with Gasteiger partial charge in [-0.1, -0.05) is 34.1 Å². The van der Waals surface area contributed by atoms with E-state index in [0.29, 0.717) is 13.1 Å². The van der Waals surface area contributed by atoms with Gasteiger partial charge in [0.05, 0.1) is 6.54 Å². The largest absolute Gasteiger partial charge is 0.338 e. The van der Waals surface area contributed by atoms with E-state index in [1.165, 1.54) is 15.3 Å². The molecule has 1 heterocycles. The molecule has 0 bridgehead atoms. The van der Waals surface area contributed by atoms with E-state index in [0.717, 1.165) is 10.9 Å². The Labute approximate surface area is 131 Å². The van der Waals surface area contributed by atoms with E-state index in [1.54, 1.807) is 11.3 Å². The summed E-state index contributed by atoms with van der Waals surface area (Å²) in [4.78, 5) is 14.1. The topological polar surface area (TPSA) is 41.1 Å². The molecule has 2 amide bonds. The molecule has 0 saturated carbocycles. The van der Waals surface area contributed by atoms with Crippen molar-refractivity contribution in [2.24, 2.45) is 0 Å².